The van der Waals surface area contributed by atoms with Crippen molar-refractivity contribution in [3.05, 3.63) is 27.5 Å². The molecule has 0 spiro atoms. The molecule has 0 unspecified atom stereocenters. The summed E-state index contributed by atoms with van der Waals surface area (Å²) in [5.74, 6) is 0. The SMILES string of the molecule is NC[C@H](N)c1ncc(Cl)cc1Br. The number of nitrogens with two attached hydrogens (primary N) is 2. The predicted molar refractivity (Wildman–Crippen MR) is 52.9 cm³/mol. The van der Waals surface area contributed by atoms with Crippen LogP contribution in [0.3, 0.4) is 0 Å². The number of aromatic nitrogens is 1. The van der Waals surface area contributed by atoms with Crippen molar-refractivity contribution in [3.63, 3.8) is 0 Å². The zero-order valence-electron chi connectivity index (χ0n) is 6.30. The number of halogens is 2. The third-order valence-corrected chi connectivity index (χ3v) is 2.28. The average Bonchev–Trinajstić information content (AvgIpc) is 2.03. The summed E-state index contributed by atoms with van der Waals surface area (Å²) in [6.45, 7) is 0.368. The molecule has 0 aliphatic heterocycles. The van der Waals surface area contributed by atoms with Gasteiger partial charge in [-0.2, -0.15) is 0 Å². The summed E-state index contributed by atoms with van der Waals surface area (Å²) in [5, 5.41) is 0.579. The van der Waals surface area contributed by atoms with Gasteiger partial charge in [0.2, 0.25) is 0 Å². The smallest absolute Gasteiger partial charge is 0.0726 e. The molecule has 3 nitrogen and oxygen atoms in total. The van der Waals surface area contributed by atoms with E-state index in [2.05, 4.69) is 20.9 Å². The molecule has 0 saturated carbocycles. The van der Waals surface area contributed by atoms with Gasteiger partial charge < -0.3 is 11.5 Å². The van der Waals surface area contributed by atoms with Gasteiger partial charge in [0.25, 0.3) is 0 Å². The van der Waals surface area contributed by atoms with Crippen molar-refractivity contribution in [1.29, 1.82) is 0 Å². The van der Waals surface area contributed by atoms with Gasteiger partial charge in [-0.25, -0.2) is 0 Å². The Kier molecular flexibility index (Phi) is 3.46. The molecule has 1 heterocycles. The van der Waals surface area contributed by atoms with Gasteiger partial charge in [0, 0.05) is 17.2 Å². The van der Waals surface area contributed by atoms with E-state index in [1.807, 2.05) is 0 Å². The van der Waals surface area contributed by atoms with Crippen LogP contribution >= 0.6 is 27.5 Å². The molecule has 0 bridgehead atoms. The summed E-state index contributed by atoms with van der Waals surface area (Å²) in [4.78, 5) is 4.06. The van der Waals surface area contributed by atoms with E-state index in [0.717, 1.165) is 10.2 Å². The molecule has 1 atom stereocenters. The fourth-order valence-corrected chi connectivity index (χ4v) is 1.74. The molecule has 0 aliphatic carbocycles. The fourth-order valence-electron chi connectivity index (χ4n) is 0.810. The molecule has 0 aliphatic rings. The monoisotopic (exact) mass is 249 g/mol. The number of rotatable bonds is 2. The topological polar surface area (TPSA) is 64.9 Å². The molecule has 1 aromatic heterocycles. The maximum absolute atomic E-state index is 5.70. The summed E-state index contributed by atoms with van der Waals surface area (Å²) in [6.07, 6.45) is 1.55. The van der Waals surface area contributed by atoms with Gasteiger partial charge in [-0.1, -0.05) is 11.6 Å². The van der Waals surface area contributed by atoms with E-state index < -0.39 is 0 Å². The standard InChI is InChI=1S/C7H9BrClN3/c8-5-1-4(9)3-12-7(5)6(11)2-10/h1,3,6H,2,10-11H2/t6-/m0/s1. The Balaban J connectivity index is 3.01. The van der Waals surface area contributed by atoms with Gasteiger partial charge in [-0.05, 0) is 22.0 Å². The first kappa shape index (κ1) is 9.92. The molecule has 1 rings (SSSR count). The first-order chi connectivity index (χ1) is 5.65. The van der Waals surface area contributed by atoms with Crippen LogP contribution in [0.2, 0.25) is 5.02 Å². The second kappa shape index (κ2) is 4.18. The molecule has 0 fully saturated rings. The molecule has 0 aromatic carbocycles. The van der Waals surface area contributed by atoms with Crippen molar-refractivity contribution in [1.82, 2.24) is 4.98 Å². The minimum Gasteiger partial charge on any atom is -0.329 e. The van der Waals surface area contributed by atoms with Crippen molar-refractivity contribution in [3.8, 4) is 0 Å². The largest absolute Gasteiger partial charge is 0.329 e. The zero-order chi connectivity index (χ0) is 9.14. The molecule has 0 saturated heterocycles. The minimum atomic E-state index is -0.239. The maximum atomic E-state index is 5.70. The third kappa shape index (κ3) is 2.17. The molecule has 0 amide bonds. The normalized spacial score (nSPS) is 13.0. The first-order valence-corrected chi connectivity index (χ1v) is 4.59. The van der Waals surface area contributed by atoms with Crippen molar-refractivity contribution < 1.29 is 0 Å². The van der Waals surface area contributed by atoms with Crippen molar-refractivity contribution in [2.24, 2.45) is 11.5 Å². The van der Waals surface area contributed by atoms with Crippen LogP contribution < -0.4 is 11.5 Å². The number of pyridine rings is 1. The van der Waals surface area contributed by atoms with Gasteiger partial charge in [0.1, 0.15) is 0 Å². The molecular formula is C7H9BrClN3. The Morgan fingerprint density at radius 3 is 2.83 bits per heavy atom. The molecule has 0 radical (unpaired) electrons. The van der Waals surface area contributed by atoms with Crippen LogP contribution in [0.1, 0.15) is 11.7 Å². The van der Waals surface area contributed by atoms with Crippen LogP contribution in [0, 0.1) is 0 Å². The lowest BCUT2D eigenvalue weighted by Gasteiger charge is -2.09. The zero-order valence-corrected chi connectivity index (χ0v) is 8.64. The molecule has 4 N–H and O–H groups in total. The minimum absolute atomic E-state index is 0.239. The lowest BCUT2D eigenvalue weighted by molar-refractivity contribution is 0.707. The van der Waals surface area contributed by atoms with Gasteiger partial charge >= 0.3 is 0 Å². The van der Waals surface area contributed by atoms with E-state index in [1.54, 1.807) is 12.3 Å². The van der Waals surface area contributed by atoms with Gasteiger partial charge in [0.15, 0.2) is 0 Å². The second-order valence-electron chi connectivity index (χ2n) is 2.36. The van der Waals surface area contributed by atoms with Crippen molar-refractivity contribution in [2.45, 2.75) is 6.04 Å². The van der Waals surface area contributed by atoms with E-state index in [9.17, 15) is 0 Å². The Morgan fingerprint density at radius 1 is 1.67 bits per heavy atom. The third-order valence-electron chi connectivity index (χ3n) is 1.44. The van der Waals surface area contributed by atoms with Crippen molar-refractivity contribution in [2.75, 3.05) is 6.54 Å². The fraction of sp³-hybridized carbons (Fsp3) is 0.286. The summed E-state index contributed by atoms with van der Waals surface area (Å²) in [5.41, 5.74) is 11.8. The van der Waals surface area contributed by atoms with Crippen LogP contribution in [0.5, 0.6) is 0 Å². The second-order valence-corrected chi connectivity index (χ2v) is 3.65. The lowest BCUT2D eigenvalue weighted by Crippen LogP contribution is -2.22. The van der Waals surface area contributed by atoms with E-state index in [4.69, 9.17) is 23.1 Å². The summed E-state index contributed by atoms with van der Waals surface area (Å²) >= 11 is 9.01. The van der Waals surface area contributed by atoms with E-state index in [-0.39, 0.29) is 6.04 Å². The van der Waals surface area contributed by atoms with Gasteiger partial charge in [-0.15, -0.1) is 0 Å². The highest BCUT2D eigenvalue weighted by Crippen LogP contribution is 2.22. The highest BCUT2D eigenvalue weighted by Gasteiger charge is 2.09. The average molecular weight is 251 g/mol. The van der Waals surface area contributed by atoms with E-state index >= 15 is 0 Å². The molecule has 12 heavy (non-hydrogen) atoms. The van der Waals surface area contributed by atoms with Crippen LogP contribution in [0.25, 0.3) is 0 Å². The Bertz CT molecular complexity index is 279. The highest BCUT2D eigenvalue weighted by atomic mass is 79.9. The molecule has 66 valence electrons. The Labute approximate surface area is 84.2 Å². The van der Waals surface area contributed by atoms with E-state index in [0.29, 0.717) is 11.6 Å². The summed E-state index contributed by atoms with van der Waals surface area (Å²) < 4.78 is 0.799. The number of nitrogens with zero attached hydrogens (tertiary/aromatic N) is 1. The quantitative estimate of drug-likeness (QED) is 0.835. The Morgan fingerprint density at radius 2 is 2.33 bits per heavy atom. The predicted octanol–water partition coefficient (Wildman–Crippen LogP) is 1.46. The Hall–Kier alpha value is -0.160. The molecule has 5 heteroatoms. The van der Waals surface area contributed by atoms with Crippen LogP contribution in [-0.2, 0) is 0 Å². The lowest BCUT2D eigenvalue weighted by atomic mass is 10.2. The van der Waals surface area contributed by atoms with Gasteiger partial charge in [-0.3, -0.25) is 4.98 Å². The van der Waals surface area contributed by atoms with Gasteiger partial charge in [0.05, 0.1) is 16.8 Å². The number of hydrogen-bond donors (Lipinski definition) is 2. The maximum Gasteiger partial charge on any atom is 0.0726 e. The summed E-state index contributed by atoms with van der Waals surface area (Å²) in [6, 6.07) is 1.51. The number of hydrogen-bond acceptors (Lipinski definition) is 3. The van der Waals surface area contributed by atoms with Crippen LogP contribution in [0.4, 0.5) is 0 Å². The molecular weight excluding hydrogens is 241 g/mol. The van der Waals surface area contributed by atoms with E-state index in [1.165, 1.54) is 0 Å². The first-order valence-electron chi connectivity index (χ1n) is 3.41. The summed E-state index contributed by atoms with van der Waals surface area (Å²) in [7, 11) is 0. The highest BCUT2D eigenvalue weighted by molar-refractivity contribution is 9.10. The van der Waals surface area contributed by atoms with Crippen LogP contribution in [-0.4, -0.2) is 11.5 Å². The van der Waals surface area contributed by atoms with Crippen LogP contribution in [0.15, 0.2) is 16.7 Å². The van der Waals surface area contributed by atoms with Crippen molar-refractivity contribution >= 4 is 27.5 Å². The molecule has 1 aromatic rings.